The third-order valence-corrected chi connectivity index (χ3v) is 4.14. The lowest BCUT2D eigenvalue weighted by Crippen LogP contribution is -2.43. The normalized spacial score (nSPS) is 10.3. The Morgan fingerprint density at radius 3 is 2.07 bits per heavy atom. The molecule has 144 valence electrons. The lowest BCUT2D eigenvalue weighted by Gasteiger charge is -2.27. The van der Waals surface area contributed by atoms with Gasteiger partial charge >= 0.3 is 0 Å². The van der Waals surface area contributed by atoms with Crippen LogP contribution in [0.1, 0.15) is 33.6 Å². The van der Waals surface area contributed by atoms with E-state index >= 15 is 0 Å². The molecule has 5 nitrogen and oxygen atoms in total. The van der Waals surface area contributed by atoms with Crippen LogP contribution in [0, 0.1) is 0 Å². The summed E-state index contributed by atoms with van der Waals surface area (Å²) in [4.78, 5) is 28.4. The van der Waals surface area contributed by atoms with Crippen molar-refractivity contribution in [3.63, 3.8) is 0 Å². The van der Waals surface area contributed by atoms with Gasteiger partial charge in [0.25, 0.3) is 0 Å². The zero-order chi connectivity index (χ0) is 19.6. The third kappa shape index (κ3) is 5.84. The Balaban J connectivity index is 2.26. The minimum Gasteiger partial charge on any atom is -0.455 e. The van der Waals surface area contributed by atoms with Gasteiger partial charge in [-0.15, -0.1) is 0 Å². The highest BCUT2D eigenvalue weighted by Gasteiger charge is 2.22. The second-order valence-electron chi connectivity index (χ2n) is 6.37. The summed E-state index contributed by atoms with van der Waals surface area (Å²) in [5.41, 5.74) is 0.593. The van der Waals surface area contributed by atoms with Crippen LogP contribution in [0.3, 0.4) is 0 Å². The van der Waals surface area contributed by atoms with E-state index in [0.29, 0.717) is 30.3 Å². The lowest BCUT2D eigenvalue weighted by molar-refractivity contribution is -0.131. The average molecular weight is 368 g/mol. The highest BCUT2D eigenvalue weighted by Crippen LogP contribution is 2.32. The molecule has 0 bridgehead atoms. The maximum Gasteiger partial charge on any atom is 0.242 e. The molecule has 0 spiro atoms. The first-order valence-corrected chi connectivity index (χ1v) is 9.44. The number of nitrogens with zero attached hydrogens (tertiary/aromatic N) is 2. The lowest BCUT2D eigenvalue weighted by atomic mass is 10.2. The molecule has 2 rings (SSSR count). The van der Waals surface area contributed by atoms with Crippen molar-refractivity contribution in [3.8, 4) is 11.5 Å². The molecule has 0 aliphatic rings. The number of carbonyl (C=O) groups excluding carboxylic acids is 2. The van der Waals surface area contributed by atoms with Gasteiger partial charge in [0.05, 0.1) is 5.69 Å². The van der Waals surface area contributed by atoms with Crippen LogP contribution in [0.25, 0.3) is 0 Å². The number of amides is 2. The maximum atomic E-state index is 12.8. The Labute approximate surface area is 161 Å². The molecular formula is C22H28N2O3. The average Bonchev–Trinajstić information content (AvgIpc) is 2.67. The predicted octanol–water partition coefficient (Wildman–Crippen LogP) is 4.48. The van der Waals surface area contributed by atoms with Gasteiger partial charge in [-0.05, 0) is 37.1 Å². The molecule has 0 aliphatic carbocycles. The molecule has 2 aromatic rings. The highest BCUT2D eigenvalue weighted by atomic mass is 16.5. The molecule has 5 heteroatoms. The van der Waals surface area contributed by atoms with Crippen molar-refractivity contribution in [2.45, 2.75) is 33.6 Å². The molecule has 2 amide bonds. The van der Waals surface area contributed by atoms with Gasteiger partial charge in [-0.25, -0.2) is 0 Å². The maximum absolute atomic E-state index is 12.8. The van der Waals surface area contributed by atoms with Crippen molar-refractivity contribution >= 4 is 17.5 Å². The van der Waals surface area contributed by atoms with Crippen molar-refractivity contribution in [2.75, 3.05) is 24.5 Å². The summed E-state index contributed by atoms with van der Waals surface area (Å²) in [6.07, 6.45) is 1.78. The van der Waals surface area contributed by atoms with Gasteiger partial charge in [-0.1, -0.05) is 44.2 Å². The van der Waals surface area contributed by atoms with Crippen molar-refractivity contribution in [1.82, 2.24) is 4.90 Å². The second kappa shape index (κ2) is 10.4. The summed E-state index contributed by atoms with van der Waals surface area (Å²) in [7, 11) is 0. The zero-order valence-corrected chi connectivity index (χ0v) is 16.4. The fraction of sp³-hybridized carbons (Fsp3) is 0.364. The number of ether oxygens (including phenoxy) is 1. The van der Waals surface area contributed by atoms with Gasteiger partial charge in [-0.2, -0.15) is 0 Å². The number of carbonyl (C=O) groups is 2. The Morgan fingerprint density at radius 2 is 1.48 bits per heavy atom. The molecule has 0 radical (unpaired) electrons. The highest BCUT2D eigenvalue weighted by molar-refractivity contribution is 5.98. The molecule has 2 aromatic carbocycles. The van der Waals surface area contributed by atoms with Crippen molar-refractivity contribution in [2.24, 2.45) is 0 Å². The van der Waals surface area contributed by atoms with Crippen molar-refractivity contribution in [1.29, 1.82) is 0 Å². The number of hydrogen-bond acceptors (Lipinski definition) is 3. The number of anilines is 1. The number of rotatable bonds is 9. The minimum absolute atomic E-state index is 0.00446. The summed E-state index contributed by atoms with van der Waals surface area (Å²) < 4.78 is 5.96. The van der Waals surface area contributed by atoms with Crippen LogP contribution in [0.4, 0.5) is 5.69 Å². The van der Waals surface area contributed by atoms with Gasteiger partial charge in [0.2, 0.25) is 11.8 Å². The largest absolute Gasteiger partial charge is 0.455 e. The summed E-state index contributed by atoms with van der Waals surface area (Å²) in [6, 6.07) is 16.7. The molecular weight excluding hydrogens is 340 g/mol. The van der Waals surface area contributed by atoms with Crippen LogP contribution in [0.5, 0.6) is 11.5 Å². The molecule has 0 aliphatic heterocycles. The van der Waals surface area contributed by atoms with Gasteiger partial charge in [-0.3, -0.25) is 14.5 Å². The van der Waals surface area contributed by atoms with E-state index in [1.165, 1.54) is 11.8 Å². The van der Waals surface area contributed by atoms with Gasteiger partial charge in [0.1, 0.15) is 12.3 Å². The first kappa shape index (κ1) is 20.5. The molecule has 0 N–H and O–H groups in total. The first-order chi connectivity index (χ1) is 13.1. The number of hydrogen-bond donors (Lipinski definition) is 0. The van der Waals surface area contributed by atoms with E-state index in [-0.39, 0.29) is 18.4 Å². The summed E-state index contributed by atoms with van der Waals surface area (Å²) in [5, 5.41) is 0. The Morgan fingerprint density at radius 1 is 0.889 bits per heavy atom. The van der Waals surface area contributed by atoms with Crippen LogP contribution in [0.15, 0.2) is 54.6 Å². The fourth-order valence-electron chi connectivity index (χ4n) is 2.88. The second-order valence-corrected chi connectivity index (χ2v) is 6.37. The minimum atomic E-state index is -0.194. The van der Waals surface area contributed by atoms with Crippen LogP contribution in [0.2, 0.25) is 0 Å². The van der Waals surface area contributed by atoms with E-state index in [0.717, 1.165) is 12.8 Å². The van der Waals surface area contributed by atoms with Crippen molar-refractivity contribution < 1.29 is 14.3 Å². The van der Waals surface area contributed by atoms with E-state index < -0.39 is 0 Å². The van der Waals surface area contributed by atoms with Crippen LogP contribution < -0.4 is 9.64 Å². The number of benzene rings is 2. The molecule has 0 aromatic heterocycles. The standard InChI is InChI=1S/C22H28N2O3/c1-4-15-23(16-5-2)22(26)17-24(18(3)25)20-13-9-10-14-21(20)27-19-11-7-6-8-12-19/h6-14H,4-5,15-17H2,1-3H3. The molecule has 0 saturated carbocycles. The molecule has 27 heavy (non-hydrogen) atoms. The van der Waals surface area contributed by atoms with Crippen LogP contribution in [-0.4, -0.2) is 36.3 Å². The summed E-state index contributed by atoms with van der Waals surface area (Å²) in [6.45, 7) is 6.95. The van der Waals surface area contributed by atoms with Gasteiger partial charge < -0.3 is 9.64 Å². The van der Waals surface area contributed by atoms with E-state index in [9.17, 15) is 9.59 Å². The summed E-state index contributed by atoms with van der Waals surface area (Å²) in [5.74, 6) is 0.978. The Hall–Kier alpha value is -2.82. The van der Waals surface area contributed by atoms with E-state index in [4.69, 9.17) is 4.74 Å². The molecule has 0 saturated heterocycles. The first-order valence-electron chi connectivity index (χ1n) is 9.44. The Bertz CT molecular complexity index is 740. The van der Waals surface area contributed by atoms with Crippen LogP contribution in [-0.2, 0) is 9.59 Å². The quantitative estimate of drug-likeness (QED) is 0.656. The van der Waals surface area contributed by atoms with Gasteiger partial charge in [0.15, 0.2) is 5.75 Å². The predicted molar refractivity (Wildman–Crippen MR) is 108 cm³/mol. The van der Waals surface area contributed by atoms with Crippen LogP contribution >= 0.6 is 0 Å². The Kier molecular flexibility index (Phi) is 7.86. The SMILES string of the molecule is CCCN(CCC)C(=O)CN(C(C)=O)c1ccccc1Oc1ccccc1. The number of para-hydroxylation sites is 3. The van der Waals surface area contributed by atoms with E-state index in [1.807, 2.05) is 61.2 Å². The molecule has 0 unspecified atom stereocenters. The van der Waals surface area contributed by atoms with E-state index in [2.05, 4.69) is 0 Å². The molecule has 0 heterocycles. The zero-order valence-electron chi connectivity index (χ0n) is 16.4. The smallest absolute Gasteiger partial charge is 0.242 e. The monoisotopic (exact) mass is 368 g/mol. The third-order valence-electron chi connectivity index (χ3n) is 4.14. The van der Waals surface area contributed by atoms with Crippen molar-refractivity contribution in [3.05, 3.63) is 54.6 Å². The van der Waals surface area contributed by atoms with Gasteiger partial charge in [0, 0.05) is 20.0 Å². The van der Waals surface area contributed by atoms with E-state index in [1.54, 1.807) is 12.1 Å². The topological polar surface area (TPSA) is 49.9 Å². The summed E-state index contributed by atoms with van der Waals surface area (Å²) >= 11 is 0. The molecule has 0 atom stereocenters. The molecule has 0 fully saturated rings. The fourth-order valence-corrected chi connectivity index (χ4v) is 2.88.